The molecular formula is C19H21ClN2O5S2. The van der Waals surface area contributed by atoms with Gasteiger partial charge in [-0.3, -0.25) is 4.79 Å². The average molecular weight is 457 g/mol. The summed E-state index contributed by atoms with van der Waals surface area (Å²) in [6.07, 6.45) is 1.74. The molecule has 1 N–H and O–H groups in total. The van der Waals surface area contributed by atoms with Crippen molar-refractivity contribution >= 4 is 38.9 Å². The first kappa shape index (κ1) is 20.5. The van der Waals surface area contributed by atoms with Crippen molar-refractivity contribution in [1.29, 1.82) is 0 Å². The maximum Gasteiger partial charge on any atom is 0.253 e. The monoisotopic (exact) mass is 456 g/mol. The topological polar surface area (TPSA) is 84.9 Å². The zero-order chi connectivity index (χ0) is 20.4. The zero-order valence-electron chi connectivity index (χ0n) is 15.6. The normalized spacial score (nSPS) is 19.3. The van der Waals surface area contributed by atoms with Gasteiger partial charge in [-0.15, -0.1) is 11.3 Å². The third-order valence-corrected chi connectivity index (χ3v) is 8.50. The Bertz CT molecular complexity index is 994. The molecule has 1 amide bonds. The summed E-state index contributed by atoms with van der Waals surface area (Å²) in [7, 11) is -3.64. The molecule has 7 nitrogen and oxygen atoms in total. The Kier molecular flexibility index (Phi) is 6.00. The Morgan fingerprint density at radius 1 is 1.31 bits per heavy atom. The lowest BCUT2D eigenvalue weighted by atomic mass is 10.1. The van der Waals surface area contributed by atoms with Crippen LogP contribution in [0.1, 0.15) is 18.4 Å². The predicted molar refractivity (Wildman–Crippen MR) is 110 cm³/mol. The molecule has 0 spiro atoms. The van der Waals surface area contributed by atoms with E-state index in [0.717, 1.165) is 16.9 Å². The lowest BCUT2D eigenvalue weighted by molar-refractivity contribution is -0.124. The highest BCUT2D eigenvalue weighted by atomic mass is 35.5. The van der Waals surface area contributed by atoms with Gasteiger partial charge in [0.15, 0.2) is 11.5 Å². The molecule has 0 aliphatic carbocycles. The molecule has 1 aromatic carbocycles. The molecule has 156 valence electrons. The number of rotatable bonds is 6. The van der Waals surface area contributed by atoms with Gasteiger partial charge in [0.1, 0.15) is 23.5 Å². The van der Waals surface area contributed by atoms with Gasteiger partial charge < -0.3 is 14.8 Å². The Morgan fingerprint density at radius 2 is 2.14 bits per heavy atom. The lowest BCUT2D eigenvalue weighted by Gasteiger charge is -2.23. The van der Waals surface area contributed by atoms with Gasteiger partial charge in [-0.2, -0.15) is 4.31 Å². The van der Waals surface area contributed by atoms with Crippen molar-refractivity contribution in [2.75, 3.05) is 26.3 Å². The van der Waals surface area contributed by atoms with Crippen LogP contribution in [-0.4, -0.2) is 51.0 Å². The molecule has 3 heterocycles. The number of nitrogens with zero attached hydrogens (tertiary/aromatic N) is 1. The molecule has 2 aliphatic rings. The number of carbonyl (C=O) groups excluding carboxylic acids is 1. The van der Waals surface area contributed by atoms with E-state index in [4.69, 9.17) is 21.1 Å². The molecule has 2 aliphatic heterocycles. The minimum atomic E-state index is -3.64. The first-order valence-corrected chi connectivity index (χ1v) is 12.1. The van der Waals surface area contributed by atoms with Gasteiger partial charge in [-0.05, 0) is 48.4 Å². The van der Waals surface area contributed by atoms with E-state index in [-0.39, 0.29) is 10.1 Å². The summed E-state index contributed by atoms with van der Waals surface area (Å²) in [5, 5.41) is 5.06. The van der Waals surface area contributed by atoms with Crippen molar-refractivity contribution in [2.45, 2.75) is 29.5 Å². The molecule has 0 radical (unpaired) electrons. The number of nitrogens with one attached hydrogen (secondary N) is 1. The lowest BCUT2D eigenvalue weighted by Crippen LogP contribution is -2.46. The summed E-state index contributed by atoms with van der Waals surface area (Å²) in [4.78, 5) is 12.7. The number of amides is 1. The fraction of sp³-hybridized carbons (Fsp3) is 0.421. The van der Waals surface area contributed by atoms with Crippen molar-refractivity contribution in [3.63, 3.8) is 0 Å². The molecular weight excluding hydrogens is 436 g/mol. The van der Waals surface area contributed by atoms with Crippen molar-refractivity contribution in [1.82, 2.24) is 9.62 Å². The second-order valence-electron chi connectivity index (χ2n) is 6.85. The Labute approximate surface area is 178 Å². The smallest absolute Gasteiger partial charge is 0.253 e. The van der Waals surface area contributed by atoms with Crippen LogP contribution in [0.5, 0.6) is 11.5 Å². The molecule has 1 saturated heterocycles. The van der Waals surface area contributed by atoms with E-state index in [2.05, 4.69) is 5.32 Å². The minimum absolute atomic E-state index is 0.267. The summed E-state index contributed by atoms with van der Waals surface area (Å²) < 4.78 is 38.2. The van der Waals surface area contributed by atoms with Gasteiger partial charge in [0.05, 0.1) is 5.02 Å². The molecule has 1 unspecified atom stereocenters. The Hall–Kier alpha value is -1.81. The van der Waals surface area contributed by atoms with Gasteiger partial charge in [0.2, 0.25) is 5.91 Å². The molecule has 2 aromatic rings. The number of halogens is 1. The highest BCUT2D eigenvalue weighted by Gasteiger charge is 2.39. The van der Waals surface area contributed by atoms with Crippen LogP contribution in [0.4, 0.5) is 0 Å². The van der Waals surface area contributed by atoms with Gasteiger partial charge in [0, 0.05) is 13.1 Å². The zero-order valence-corrected chi connectivity index (χ0v) is 18.0. The summed E-state index contributed by atoms with van der Waals surface area (Å²) >= 11 is 7.41. The number of fused-ring (bicyclic) bond motifs is 1. The van der Waals surface area contributed by atoms with Crippen LogP contribution in [0.15, 0.2) is 33.9 Å². The van der Waals surface area contributed by atoms with Crippen LogP contribution in [0, 0.1) is 0 Å². The van der Waals surface area contributed by atoms with Crippen LogP contribution < -0.4 is 14.8 Å². The fourth-order valence-electron chi connectivity index (χ4n) is 3.57. The van der Waals surface area contributed by atoms with Crippen LogP contribution in [0.2, 0.25) is 5.02 Å². The highest BCUT2D eigenvalue weighted by molar-refractivity contribution is 7.91. The highest BCUT2D eigenvalue weighted by Crippen LogP contribution is 2.38. The predicted octanol–water partition coefficient (Wildman–Crippen LogP) is 2.68. The second-order valence-corrected chi connectivity index (χ2v) is 10.3. The van der Waals surface area contributed by atoms with Crippen molar-refractivity contribution in [3.8, 4) is 11.5 Å². The van der Waals surface area contributed by atoms with Crippen molar-refractivity contribution in [2.24, 2.45) is 0 Å². The Balaban J connectivity index is 1.38. The average Bonchev–Trinajstić information content (AvgIpc) is 3.40. The molecule has 0 saturated carbocycles. The van der Waals surface area contributed by atoms with Crippen LogP contribution in [0.3, 0.4) is 0 Å². The standard InChI is InChI=1S/C19H21ClN2O5S2/c20-14-11-13(12-16-18(14)27-9-8-26-16)5-6-21-19(23)15-3-1-7-22(15)29(24,25)17-4-2-10-28-17/h2,4,10-12,15H,1,3,5-9H2,(H,21,23). The largest absolute Gasteiger partial charge is 0.486 e. The van der Waals surface area contributed by atoms with E-state index in [1.807, 2.05) is 6.07 Å². The van der Waals surface area contributed by atoms with E-state index in [1.54, 1.807) is 23.6 Å². The van der Waals surface area contributed by atoms with E-state index < -0.39 is 16.1 Å². The second kappa shape index (κ2) is 8.51. The first-order chi connectivity index (χ1) is 14.0. The molecule has 4 rings (SSSR count). The van der Waals surface area contributed by atoms with Crippen molar-refractivity contribution < 1.29 is 22.7 Å². The minimum Gasteiger partial charge on any atom is -0.486 e. The quantitative estimate of drug-likeness (QED) is 0.722. The van der Waals surface area contributed by atoms with Gasteiger partial charge >= 0.3 is 0 Å². The van der Waals surface area contributed by atoms with Crippen LogP contribution >= 0.6 is 22.9 Å². The van der Waals surface area contributed by atoms with E-state index >= 15 is 0 Å². The van der Waals surface area contributed by atoms with Crippen LogP contribution in [-0.2, 0) is 21.2 Å². The number of benzene rings is 1. The van der Waals surface area contributed by atoms with Gasteiger partial charge in [0.25, 0.3) is 10.0 Å². The van der Waals surface area contributed by atoms with E-state index in [1.165, 1.54) is 4.31 Å². The third-order valence-electron chi connectivity index (χ3n) is 4.93. The molecule has 1 atom stereocenters. The summed E-state index contributed by atoms with van der Waals surface area (Å²) in [5.41, 5.74) is 0.911. The van der Waals surface area contributed by atoms with Gasteiger partial charge in [-0.1, -0.05) is 17.7 Å². The molecule has 29 heavy (non-hydrogen) atoms. The maximum absolute atomic E-state index is 12.8. The Morgan fingerprint density at radius 3 is 2.93 bits per heavy atom. The molecule has 1 fully saturated rings. The number of ether oxygens (including phenoxy) is 2. The number of thiophene rings is 1. The maximum atomic E-state index is 12.8. The number of hydrogen-bond donors (Lipinski definition) is 1. The third kappa shape index (κ3) is 4.23. The number of hydrogen-bond acceptors (Lipinski definition) is 6. The molecule has 0 bridgehead atoms. The SMILES string of the molecule is O=C(NCCc1cc(Cl)c2c(c1)OCCO2)C1CCCN1S(=O)(=O)c1cccs1. The van der Waals surface area contributed by atoms with E-state index in [0.29, 0.717) is 62.1 Å². The van der Waals surface area contributed by atoms with E-state index in [9.17, 15) is 13.2 Å². The molecule has 1 aromatic heterocycles. The van der Waals surface area contributed by atoms with Crippen molar-refractivity contribution in [3.05, 3.63) is 40.2 Å². The summed E-state index contributed by atoms with van der Waals surface area (Å²) in [5.74, 6) is 0.881. The first-order valence-electron chi connectivity index (χ1n) is 9.38. The summed E-state index contributed by atoms with van der Waals surface area (Å²) in [6, 6.07) is 6.24. The van der Waals surface area contributed by atoms with Gasteiger partial charge in [-0.25, -0.2) is 8.42 Å². The molecule has 10 heteroatoms. The number of carbonyl (C=O) groups is 1. The number of sulfonamides is 1. The fourth-order valence-corrected chi connectivity index (χ4v) is 6.64. The summed E-state index contributed by atoms with van der Waals surface area (Å²) in [6.45, 7) is 1.67. The van der Waals surface area contributed by atoms with Crippen LogP contribution in [0.25, 0.3) is 0 Å².